The third-order valence-electron chi connectivity index (χ3n) is 5.49. The first-order chi connectivity index (χ1) is 14.0. The minimum absolute atomic E-state index is 0.00723. The second-order valence-electron chi connectivity index (χ2n) is 7.53. The van der Waals surface area contributed by atoms with Crippen LogP contribution in [-0.2, 0) is 0 Å². The number of halogens is 2. The summed E-state index contributed by atoms with van der Waals surface area (Å²) in [7, 11) is 0. The highest BCUT2D eigenvalue weighted by Gasteiger charge is 2.25. The quantitative estimate of drug-likeness (QED) is 0.660. The first-order valence-electron chi connectivity index (χ1n) is 9.83. The summed E-state index contributed by atoms with van der Waals surface area (Å²) in [6, 6.07) is 5.24. The van der Waals surface area contributed by atoms with Crippen molar-refractivity contribution in [2.45, 2.75) is 44.2 Å². The molecule has 29 heavy (non-hydrogen) atoms. The van der Waals surface area contributed by atoms with E-state index >= 15 is 0 Å². The van der Waals surface area contributed by atoms with E-state index < -0.39 is 0 Å². The van der Waals surface area contributed by atoms with Crippen molar-refractivity contribution >= 4 is 40.9 Å². The van der Waals surface area contributed by atoms with Crippen molar-refractivity contribution < 1.29 is 9.90 Å². The molecule has 1 aliphatic carbocycles. The lowest BCUT2D eigenvalue weighted by molar-refractivity contribution is 0.0928. The first kappa shape index (κ1) is 20.0. The van der Waals surface area contributed by atoms with Crippen LogP contribution in [0.15, 0.2) is 24.4 Å². The number of phenolic OH excluding ortho intramolecular Hbond substituents is 1. The van der Waals surface area contributed by atoms with Gasteiger partial charge in [0, 0.05) is 36.4 Å². The predicted molar refractivity (Wildman–Crippen MR) is 114 cm³/mol. The van der Waals surface area contributed by atoms with Crippen LogP contribution in [0.25, 0.3) is 0 Å². The molecule has 1 aromatic carbocycles. The Hall–Kier alpha value is -2.25. The number of amides is 1. The monoisotopic (exact) mass is 435 g/mol. The fourth-order valence-corrected chi connectivity index (χ4v) is 4.06. The number of nitrogens with zero attached hydrogens (tertiary/aromatic N) is 3. The Morgan fingerprint density at radius 2 is 1.90 bits per heavy atom. The number of aromatic nitrogens is 2. The van der Waals surface area contributed by atoms with Crippen LogP contribution < -0.4 is 15.5 Å². The van der Waals surface area contributed by atoms with E-state index in [-0.39, 0.29) is 28.3 Å². The number of carbonyl (C=O) groups is 1. The molecule has 2 aromatic rings. The van der Waals surface area contributed by atoms with Crippen LogP contribution in [0.3, 0.4) is 0 Å². The maximum absolute atomic E-state index is 12.5. The van der Waals surface area contributed by atoms with Gasteiger partial charge in [0.05, 0.1) is 10.6 Å². The molecule has 7 nitrogen and oxygen atoms in total. The SMILES string of the molecule is O=C(NC1CCN(c2nccc(NC3CCC3)n2)CC1)c1cc(Cl)cc(Cl)c1O. The van der Waals surface area contributed by atoms with Gasteiger partial charge in [0.25, 0.3) is 5.91 Å². The number of hydrogen-bond acceptors (Lipinski definition) is 6. The molecule has 1 saturated heterocycles. The van der Waals surface area contributed by atoms with E-state index in [4.69, 9.17) is 23.2 Å². The van der Waals surface area contributed by atoms with Gasteiger partial charge >= 0.3 is 0 Å². The molecule has 0 spiro atoms. The molecule has 4 rings (SSSR count). The van der Waals surface area contributed by atoms with Crippen LogP contribution in [0.5, 0.6) is 5.75 Å². The zero-order valence-corrected chi connectivity index (χ0v) is 17.4. The van der Waals surface area contributed by atoms with Gasteiger partial charge in [0.1, 0.15) is 11.6 Å². The Balaban J connectivity index is 1.34. The van der Waals surface area contributed by atoms with Gasteiger partial charge in [0.15, 0.2) is 0 Å². The zero-order chi connectivity index (χ0) is 20.4. The average molecular weight is 436 g/mol. The number of phenols is 1. The fraction of sp³-hybridized carbons (Fsp3) is 0.450. The Morgan fingerprint density at radius 3 is 2.59 bits per heavy atom. The fourth-order valence-electron chi connectivity index (χ4n) is 3.57. The standard InChI is InChI=1S/C20H23Cl2N5O2/c21-12-10-15(18(28)16(22)11-12)19(29)25-14-5-8-27(9-6-14)20-23-7-4-17(26-20)24-13-2-1-3-13/h4,7,10-11,13-14,28H,1-3,5-6,8-9H2,(H,25,29)(H,23,24,26). The number of benzene rings is 1. The van der Waals surface area contributed by atoms with E-state index in [1.165, 1.54) is 31.4 Å². The van der Waals surface area contributed by atoms with Crippen LogP contribution in [0.2, 0.25) is 10.0 Å². The highest BCUT2D eigenvalue weighted by Crippen LogP contribution is 2.31. The summed E-state index contributed by atoms with van der Waals surface area (Å²) in [5.74, 6) is 0.935. The van der Waals surface area contributed by atoms with Crippen molar-refractivity contribution in [3.8, 4) is 5.75 Å². The number of aromatic hydroxyl groups is 1. The summed E-state index contributed by atoms with van der Waals surface area (Å²) in [6.45, 7) is 1.47. The topological polar surface area (TPSA) is 90.4 Å². The second kappa shape index (κ2) is 8.63. The predicted octanol–water partition coefficient (Wildman–Crippen LogP) is 3.85. The molecular weight excluding hydrogens is 413 g/mol. The van der Waals surface area contributed by atoms with Gasteiger partial charge in [-0.3, -0.25) is 4.79 Å². The molecular formula is C20H23Cl2N5O2. The Morgan fingerprint density at radius 1 is 1.14 bits per heavy atom. The van der Waals surface area contributed by atoms with Gasteiger partial charge in [-0.2, -0.15) is 4.98 Å². The Labute approximate surface area is 179 Å². The van der Waals surface area contributed by atoms with Gasteiger partial charge in [-0.05, 0) is 50.3 Å². The van der Waals surface area contributed by atoms with Crippen LogP contribution in [-0.4, -0.2) is 46.2 Å². The Bertz CT molecular complexity index is 898. The van der Waals surface area contributed by atoms with Crippen LogP contribution in [0, 0.1) is 0 Å². The molecule has 1 aromatic heterocycles. The molecule has 2 fully saturated rings. The summed E-state index contributed by atoms with van der Waals surface area (Å²) in [6.07, 6.45) is 6.95. The highest BCUT2D eigenvalue weighted by molar-refractivity contribution is 6.36. The van der Waals surface area contributed by atoms with Gasteiger partial charge in [-0.15, -0.1) is 0 Å². The summed E-state index contributed by atoms with van der Waals surface area (Å²) in [4.78, 5) is 23.7. The summed E-state index contributed by atoms with van der Waals surface area (Å²) >= 11 is 11.9. The van der Waals surface area contributed by atoms with Gasteiger partial charge < -0.3 is 20.6 Å². The van der Waals surface area contributed by atoms with E-state index in [9.17, 15) is 9.90 Å². The number of hydrogen-bond donors (Lipinski definition) is 3. The molecule has 1 saturated carbocycles. The minimum Gasteiger partial charge on any atom is -0.506 e. The van der Waals surface area contributed by atoms with E-state index in [1.54, 1.807) is 6.20 Å². The summed E-state index contributed by atoms with van der Waals surface area (Å²) in [5, 5.41) is 16.8. The van der Waals surface area contributed by atoms with Gasteiger partial charge in [-0.25, -0.2) is 4.98 Å². The molecule has 9 heteroatoms. The lowest BCUT2D eigenvalue weighted by Crippen LogP contribution is -2.45. The van der Waals surface area contributed by atoms with Crippen LogP contribution in [0.4, 0.5) is 11.8 Å². The van der Waals surface area contributed by atoms with E-state index in [0.29, 0.717) is 17.0 Å². The van der Waals surface area contributed by atoms with Crippen molar-refractivity contribution in [2.24, 2.45) is 0 Å². The molecule has 154 valence electrons. The molecule has 2 heterocycles. The van der Waals surface area contributed by atoms with Crippen molar-refractivity contribution in [3.05, 3.63) is 40.0 Å². The average Bonchev–Trinajstić information content (AvgIpc) is 2.68. The summed E-state index contributed by atoms with van der Waals surface area (Å²) in [5.41, 5.74) is 0.0861. The van der Waals surface area contributed by atoms with Crippen LogP contribution >= 0.6 is 23.2 Å². The molecule has 1 aliphatic heterocycles. The molecule has 0 unspecified atom stereocenters. The van der Waals surface area contributed by atoms with Crippen LogP contribution in [0.1, 0.15) is 42.5 Å². The maximum Gasteiger partial charge on any atom is 0.255 e. The molecule has 0 bridgehead atoms. The molecule has 2 aliphatic rings. The molecule has 3 N–H and O–H groups in total. The van der Waals surface area contributed by atoms with Crippen molar-refractivity contribution in [1.29, 1.82) is 0 Å². The third kappa shape index (κ3) is 4.67. The lowest BCUT2D eigenvalue weighted by Gasteiger charge is -2.33. The Kier molecular flexibility index (Phi) is 5.96. The van der Waals surface area contributed by atoms with Gasteiger partial charge in [0.2, 0.25) is 5.95 Å². The molecule has 1 amide bonds. The smallest absolute Gasteiger partial charge is 0.255 e. The normalized spacial score (nSPS) is 17.7. The maximum atomic E-state index is 12.5. The van der Waals surface area contributed by atoms with Crippen molar-refractivity contribution in [2.75, 3.05) is 23.3 Å². The van der Waals surface area contributed by atoms with E-state index in [0.717, 1.165) is 31.7 Å². The first-order valence-corrected chi connectivity index (χ1v) is 10.6. The number of nitrogens with one attached hydrogen (secondary N) is 2. The van der Waals surface area contributed by atoms with E-state index in [1.807, 2.05) is 6.07 Å². The van der Waals surface area contributed by atoms with E-state index in [2.05, 4.69) is 25.5 Å². The summed E-state index contributed by atoms with van der Waals surface area (Å²) < 4.78 is 0. The third-order valence-corrected chi connectivity index (χ3v) is 5.99. The number of rotatable bonds is 5. The largest absolute Gasteiger partial charge is 0.506 e. The molecule has 0 atom stereocenters. The minimum atomic E-state index is -0.381. The number of anilines is 2. The lowest BCUT2D eigenvalue weighted by atomic mass is 9.93. The zero-order valence-electron chi connectivity index (χ0n) is 15.9. The number of piperidine rings is 1. The number of carbonyl (C=O) groups excluding carboxylic acids is 1. The highest BCUT2D eigenvalue weighted by atomic mass is 35.5. The van der Waals surface area contributed by atoms with Gasteiger partial charge in [-0.1, -0.05) is 23.2 Å². The second-order valence-corrected chi connectivity index (χ2v) is 8.38. The van der Waals surface area contributed by atoms with Crippen molar-refractivity contribution in [1.82, 2.24) is 15.3 Å². The van der Waals surface area contributed by atoms with Crippen molar-refractivity contribution in [3.63, 3.8) is 0 Å². The molecule has 0 radical (unpaired) electrons.